The summed E-state index contributed by atoms with van der Waals surface area (Å²) < 4.78 is 14.1. The highest BCUT2D eigenvalue weighted by Gasteiger charge is 2.42. The Morgan fingerprint density at radius 3 is 2.52 bits per heavy atom. The molecule has 1 heterocycles. The van der Waals surface area contributed by atoms with Crippen molar-refractivity contribution in [2.45, 2.75) is 51.0 Å². The number of anilines is 2. The predicted molar refractivity (Wildman–Crippen MR) is 91.6 cm³/mol. The van der Waals surface area contributed by atoms with Gasteiger partial charge in [-0.2, -0.15) is 0 Å². The van der Waals surface area contributed by atoms with E-state index >= 15 is 0 Å². The van der Waals surface area contributed by atoms with Gasteiger partial charge in [0, 0.05) is 25.6 Å². The molecule has 1 aliphatic heterocycles. The van der Waals surface area contributed by atoms with Crippen LogP contribution in [0.15, 0.2) is 18.2 Å². The van der Waals surface area contributed by atoms with Crippen LogP contribution in [-0.4, -0.2) is 29.8 Å². The molecule has 0 bridgehead atoms. The van der Waals surface area contributed by atoms with E-state index in [0.717, 1.165) is 12.8 Å². The SMILES string of the molecule is CC(=O)NC1(C(=O)Nc2ccc(F)c(N3CCCC3=O)c2)CCCC1. The van der Waals surface area contributed by atoms with Gasteiger partial charge in [0.25, 0.3) is 0 Å². The van der Waals surface area contributed by atoms with Gasteiger partial charge in [-0.05, 0) is 37.5 Å². The number of hydrogen-bond donors (Lipinski definition) is 2. The molecule has 1 aromatic rings. The van der Waals surface area contributed by atoms with Gasteiger partial charge < -0.3 is 15.5 Å². The molecule has 0 spiro atoms. The van der Waals surface area contributed by atoms with Crippen LogP contribution in [0, 0.1) is 5.82 Å². The fourth-order valence-corrected chi connectivity index (χ4v) is 3.68. The maximum atomic E-state index is 14.1. The van der Waals surface area contributed by atoms with Crippen LogP contribution in [0.4, 0.5) is 15.8 Å². The number of nitrogens with one attached hydrogen (secondary N) is 2. The quantitative estimate of drug-likeness (QED) is 0.877. The zero-order valence-electron chi connectivity index (χ0n) is 14.2. The fraction of sp³-hybridized carbons (Fsp3) is 0.500. The van der Waals surface area contributed by atoms with Crippen LogP contribution in [0.2, 0.25) is 0 Å². The summed E-state index contributed by atoms with van der Waals surface area (Å²) in [5.74, 6) is -1.16. The number of carbonyl (C=O) groups is 3. The first-order valence-corrected chi connectivity index (χ1v) is 8.61. The van der Waals surface area contributed by atoms with E-state index < -0.39 is 11.4 Å². The van der Waals surface area contributed by atoms with Gasteiger partial charge in [-0.15, -0.1) is 0 Å². The minimum atomic E-state index is -0.913. The van der Waals surface area contributed by atoms with Gasteiger partial charge in [0.05, 0.1) is 5.69 Å². The third-order valence-corrected chi connectivity index (χ3v) is 4.88. The zero-order valence-corrected chi connectivity index (χ0v) is 14.2. The summed E-state index contributed by atoms with van der Waals surface area (Å²) in [5, 5.41) is 5.55. The van der Waals surface area contributed by atoms with Crippen LogP contribution < -0.4 is 15.5 Å². The molecule has 2 fully saturated rings. The molecule has 25 heavy (non-hydrogen) atoms. The number of benzene rings is 1. The maximum absolute atomic E-state index is 14.1. The van der Waals surface area contributed by atoms with Crippen molar-refractivity contribution < 1.29 is 18.8 Å². The van der Waals surface area contributed by atoms with Crippen LogP contribution in [0.1, 0.15) is 45.4 Å². The molecule has 0 aromatic heterocycles. The molecule has 134 valence electrons. The molecular weight excluding hydrogens is 325 g/mol. The van der Waals surface area contributed by atoms with Crippen molar-refractivity contribution in [2.75, 3.05) is 16.8 Å². The Labute approximate surface area is 145 Å². The molecule has 2 N–H and O–H groups in total. The van der Waals surface area contributed by atoms with Crippen molar-refractivity contribution in [3.63, 3.8) is 0 Å². The Bertz CT molecular complexity index is 714. The summed E-state index contributed by atoms with van der Waals surface area (Å²) in [6, 6.07) is 4.19. The highest BCUT2D eigenvalue weighted by atomic mass is 19.1. The van der Waals surface area contributed by atoms with Crippen molar-refractivity contribution in [1.29, 1.82) is 0 Å². The Morgan fingerprint density at radius 1 is 1.20 bits per heavy atom. The number of amides is 3. The zero-order chi connectivity index (χ0) is 18.0. The van der Waals surface area contributed by atoms with Crippen molar-refractivity contribution in [1.82, 2.24) is 5.32 Å². The van der Waals surface area contributed by atoms with Crippen LogP contribution in [0.25, 0.3) is 0 Å². The van der Waals surface area contributed by atoms with E-state index in [9.17, 15) is 18.8 Å². The summed E-state index contributed by atoms with van der Waals surface area (Å²) in [7, 11) is 0. The van der Waals surface area contributed by atoms with Gasteiger partial charge in [-0.3, -0.25) is 14.4 Å². The van der Waals surface area contributed by atoms with Crippen molar-refractivity contribution in [3.8, 4) is 0 Å². The Balaban J connectivity index is 1.81. The molecule has 0 atom stereocenters. The van der Waals surface area contributed by atoms with Gasteiger partial charge in [0.15, 0.2) is 0 Å². The van der Waals surface area contributed by atoms with Gasteiger partial charge in [0.1, 0.15) is 11.4 Å². The number of halogens is 1. The third kappa shape index (κ3) is 3.50. The summed E-state index contributed by atoms with van der Waals surface area (Å²) in [6.45, 7) is 1.87. The summed E-state index contributed by atoms with van der Waals surface area (Å²) in [6.07, 6.45) is 3.99. The van der Waals surface area contributed by atoms with Crippen molar-refractivity contribution in [3.05, 3.63) is 24.0 Å². The van der Waals surface area contributed by atoms with E-state index in [1.807, 2.05) is 0 Å². The summed E-state index contributed by atoms with van der Waals surface area (Å²) in [4.78, 5) is 37.5. The van der Waals surface area contributed by atoms with E-state index in [1.54, 1.807) is 0 Å². The van der Waals surface area contributed by atoms with Crippen molar-refractivity contribution in [2.24, 2.45) is 0 Å². The molecule has 1 saturated heterocycles. The van der Waals surface area contributed by atoms with E-state index in [2.05, 4.69) is 10.6 Å². The molecule has 1 aromatic carbocycles. The van der Waals surface area contributed by atoms with Crippen LogP contribution in [-0.2, 0) is 14.4 Å². The second kappa shape index (κ2) is 6.82. The Hall–Kier alpha value is -2.44. The number of nitrogens with zero attached hydrogens (tertiary/aromatic N) is 1. The Kier molecular flexibility index (Phi) is 4.74. The second-order valence-electron chi connectivity index (χ2n) is 6.74. The molecule has 3 amide bonds. The topological polar surface area (TPSA) is 78.5 Å². The van der Waals surface area contributed by atoms with Gasteiger partial charge >= 0.3 is 0 Å². The minimum absolute atomic E-state index is 0.118. The number of hydrogen-bond acceptors (Lipinski definition) is 3. The van der Waals surface area contributed by atoms with E-state index in [4.69, 9.17) is 0 Å². The van der Waals surface area contributed by atoms with Gasteiger partial charge in [0.2, 0.25) is 17.7 Å². The smallest absolute Gasteiger partial charge is 0.250 e. The molecule has 0 unspecified atom stereocenters. The van der Waals surface area contributed by atoms with Gasteiger partial charge in [-0.25, -0.2) is 4.39 Å². The molecule has 1 saturated carbocycles. The third-order valence-electron chi connectivity index (χ3n) is 4.88. The fourth-order valence-electron chi connectivity index (χ4n) is 3.68. The number of carbonyl (C=O) groups excluding carboxylic acids is 3. The van der Waals surface area contributed by atoms with Crippen LogP contribution >= 0.6 is 0 Å². The lowest BCUT2D eigenvalue weighted by Crippen LogP contribution is -2.54. The summed E-state index contributed by atoms with van der Waals surface area (Å²) >= 11 is 0. The molecule has 7 heteroatoms. The van der Waals surface area contributed by atoms with Crippen molar-refractivity contribution >= 4 is 29.1 Å². The molecule has 6 nitrogen and oxygen atoms in total. The molecular formula is C18H22FN3O3. The lowest BCUT2D eigenvalue weighted by Gasteiger charge is -2.28. The molecule has 3 rings (SSSR count). The predicted octanol–water partition coefficient (Wildman–Crippen LogP) is 2.34. The number of rotatable bonds is 4. The molecule has 2 aliphatic rings. The van der Waals surface area contributed by atoms with E-state index in [-0.39, 0.29) is 23.4 Å². The minimum Gasteiger partial charge on any atom is -0.342 e. The maximum Gasteiger partial charge on any atom is 0.250 e. The summed E-state index contributed by atoms with van der Waals surface area (Å²) in [5.41, 5.74) is -0.317. The average molecular weight is 347 g/mol. The Morgan fingerprint density at radius 2 is 1.92 bits per heavy atom. The first-order chi connectivity index (χ1) is 11.9. The van der Waals surface area contributed by atoms with E-state index in [1.165, 1.54) is 30.0 Å². The van der Waals surface area contributed by atoms with Gasteiger partial charge in [-0.1, -0.05) is 12.8 Å². The highest BCUT2D eigenvalue weighted by Crippen LogP contribution is 2.32. The molecule has 0 radical (unpaired) electrons. The van der Waals surface area contributed by atoms with Crippen LogP contribution in [0.3, 0.4) is 0 Å². The second-order valence-corrected chi connectivity index (χ2v) is 6.74. The largest absolute Gasteiger partial charge is 0.342 e. The van der Waals surface area contributed by atoms with Crippen LogP contribution in [0.5, 0.6) is 0 Å². The lowest BCUT2D eigenvalue weighted by atomic mass is 9.96. The average Bonchev–Trinajstić information content (AvgIpc) is 3.18. The lowest BCUT2D eigenvalue weighted by molar-refractivity contribution is -0.129. The monoisotopic (exact) mass is 347 g/mol. The first-order valence-electron chi connectivity index (χ1n) is 8.61. The molecule has 1 aliphatic carbocycles. The standard InChI is InChI=1S/C18H22FN3O3/c1-12(23)21-18(8-2-3-9-18)17(25)20-13-6-7-14(19)15(11-13)22-10-4-5-16(22)24/h6-7,11H,2-5,8-10H2,1H3,(H,20,25)(H,21,23). The highest BCUT2D eigenvalue weighted by molar-refractivity contribution is 6.01. The van der Waals surface area contributed by atoms with E-state index in [0.29, 0.717) is 37.9 Å². The normalized spacial score (nSPS) is 19.1. The first kappa shape index (κ1) is 17.4.